The molecule has 11 nitrogen and oxygen atoms in total. The quantitative estimate of drug-likeness (QED) is 0.267. The molecule has 0 atom stereocenters. The minimum atomic E-state index is -3.39. The maximum Gasteiger partial charge on any atom is 0.230 e. The highest BCUT2D eigenvalue weighted by atomic mass is 32.2. The second-order valence-corrected chi connectivity index (χ2v) is 12.4. The number of carbonyl (C=O) groups is 2. The first-order valence-electron chi connectivity index (χ1n) is 11.2. The molecule has 3 heterocycles. The molecule has 0 unspecified atom stereocenters. The molecule has 0 aliphatic heterocycles. The largest absolute Gasteiger partial charge is 0.300 e. The zero-order valence-corrected chi connectivity index (χ0v) is 22.0. The number of hydrogen-bond donors (Lipinski definition) is 2. The Morgan fingerprint density at radius 2 is 1.27 bits per heavy atom. The smallest absolute Gasteiger partial charge is 0.230 e. The molecule has 2 amide bonds. The number of rotatable bonds is 12. The summed E-state index contributed by atoms with van der Waals surface area (Å²) in [6, 6.07) is 12.9. The first kappa shape index (κ1) is 26.4. The Balaban J connectivity index is 1.20. The van der Waals surface area contributed by atoms with Crippen molar-refractivity contribution in [2.45, 2.75) is 25.7 Å². The molecular formula is C23H23N7O4S3. The second-order valence-electron chi connectivity index (χ2n) is 7.95. The third-order valence-corrected chi connectivity index (χ3v) is 8.42. The molecule has 0 aliphatic carbocycles. The molecule has 0 aliphatic rings. The summed E-state index contributed by atoms with van der Waals surface area (Å²) in [5, 5.41) is 22.9. The highest BCUT2D eigenvalue weighted by Crippen LogP contribution is 2.19. The van der Waals surface area contributed by atoms with Crippen LogP contribution in [0.2, 0.25) is 0 Å². The van der Waals surface area contributed by atoms with Crippen LogP contribution in [0.5, 0.6) is 0 Å². The molecule has 0 radical (unpaired) electrons. The van der Waals surface area contributed by atoms with Crippen LogP contribution in [0.4, 0.5) is 10.3 Å². The van der Waals surface area contributed by atoms with Gasteiger partial charge in [0.15, 0.2) is 9.84 Å². The van der Waals surface area contributed by atoms with E-state index in [0.29, 0.717) is 20.3 Å². The van der Waals surface area contributed by atoms with E-state index in [0.717, 1.165) is 33.8 Å². The van der Waals surface area contributed by atoms with Crippen molar-refractivity contribution in [3.8, 4) is 0 Å². The zero-order chi connectivity index (χ0) is 26.1. The van der Waals surface area contributed by atoms with Crippen LogP contribution < -0.4 is 10.6 Å². The Hall–Kier alpha value is -3.62. The minimum absolute atomic E-state index is 0.104. The first-order chi connectivity index (χ1) is 17.8. The van der Waals surface area contributed by atoms with Gasteiger partial charge in [-0.1, -0.05) is 59.1 Å². The van der Waals surface area contributed by atoms with Gasteiger partial charge in [0.2, 0.25) is 22.1 Å². The molecule has 0 saturated carbocycles. The monoisotopic (exact) mass is 557 g/mol. The molecule has 0 spiro atoms. The van der Waals surface area contributed by atoms with E-state index in [1.54, 1.807) is 24.5 Å². The summed E-state index contributed by atoms with van der Waals surface area (Å²) >= 11 is 2.30. The summed E-state index contributed by atoms with van der Waals surface area (Å²) in [5.41, 5.74) is 1.65. The molecule has 14 heteroatoms. The highest BCUT2D eigenvalue weighted by Gasteiger charge is 2.17. The normalized spacial score (nSPS) is 11.2. The van der Waals surface area contributed by atoms with Crippen LogP contribution in [0.25, 0.3) is 0 Å². The standard InChI is InChI=1S/C23H23N7O4S3/c31-18(13-16-5-2-1-3-6-16)25-22-29-27-20(35-22)8-11-37(33,34)12-9-21-28-30-23(36-21)26-19(32)14-17-7-4-10-24-15-17/h1-7,10,15H,8-9,11-14H2,(H,25,29,31)(H,26,30,32). The fourth-order valence-electron chi connectivity index (χ4n) is 3.19. The lowest BCUT2D eigenvalue weighted by Gasteiger charge is -2.01. The van der Waals surface area contributed by atoms with Crippen LogP contribution in [-0.2, 0) is 45.1 Å². The number of aryl methyl sites for hydroxylation is 2. The van der Waals surface area contributed by atoms with Gasteiger partial charge in [-0.15, -0.1) is 20.4 Å². The van der Waals surface area contributed by atoms with E-state index in [9.17, 15) is 18.0 Å². The molecule has 1 aromatic carbocycles. The molecule has 0 bridgehead atoms. The van der Waals surface area contributed by atoms with Crippen molar-refractivity contribution in [1.29, 1.82) is 0 Å². The molecule has 4 rings (SSSR count). The molecule has 3 aromatic heterocycles. The van der Waals surface area contributed by atoms with E-state index in [1.165, 1.54) is 0 Å². The van der Waals surface area contributed by atoms with Gasteiger partial charge >= 0.3 is 0 Å². The number of carbonyl (C=O) groups excluding carboxylic acids is 2. The van der Waals surface area contributed by atoms with E-state index in [-0.39, 0.29) is 49.0 Å². The fourth-order valence-corrected chi connectivity index (χ4v) is 6.18. The van der Waals surface area contributed by atoms with Gasteiger partial charge in [-0.2, -0.15) is 0 Å². The minimum Gasteiger partial charge on any atom is -0.300 e. The number of anilines is 2. The summed E-state index contributed by atoms with van der Waals surface area (Å²) in [5.74, 6) is -0.681. The number of nitrogens with one attached hydrogen (secondary N) is 2. The van der Waals surface area contributed by atoms with E-state index in [2.05, 4.69) is 36.0 Å². The van der Waals surface area contributed by atoms with Gasteiger partial charge < -0.3 is 10.6 Å². The second kappa shape index (κ2) is 12.6. The van der Waals surface area contributed by atoms with Crippen LogP contribution in [0.15, 0.2) is 54.9 Å². The Morgan fingerprint density at radius 3 is 1.81 bits per heavy atom. The van der Waals surface area contributed by atoms with Gasteiger partial charge in [-0.25, -0.2) is 8.42 Å². The van der Waals surface area contributed by atoms with Gasteiger partial charge in [0.1, 0.15) is 10.0 Å². The van der Waals surface area contributed by atoms with Gasteiger partial charge in [-0.05, 0) is 17.2 Å². The van der Waals surface area contributed by atoms with Crippen molar-refractivity contribution in [3.05, 3.63) is 76.0 Å². The van der Waals surface area contributed by atoms with E-state index >= 15 is 0 Å². The molecule has 2 N–H and O–H groups in total. The molecule has 0 fully saturated rings. The maximum atomic E-state index is 12.5. The number of hydrogen-bond acceptors (Lipinski definition) is 11. The van der Waals surface area contributed by atoms with Crippen LogP contribution in [-0.4, -0.2) is 57.1 Å². The Morgan fingerprint density at radius 1 is 0.730 bits per heavy atom. The summed E-state index contributed by atoms with van der Waals surface area (Å²) in [7, 11) is -3.39. The summed E-state index contributed by atoms with van der Waals surface area (Å²) in [6.45, 7) is 0. The summed E-state index contributed by atoms with van der Waals surface area (Å²) in [4.78, 5) is 28.3. The lowest BCUT2D eigenvalue weighted by molar-refractivity contribution is -0.116. The lowest BCUT2D eigenvalue weighted by Crippen LogP contribution is -2.14. The van der Waals surface area contributed by atoms with Gasteiger partial charge in [0, 0.05) is 25.2 Å². The topological polar surface area (TPSA) is 157 Å². The van der Waals surface area contributed by atoms with Crippen molar-refractivity contribution in [3.63, 3.8) is 0 Å². The van der Waals surface area contributed by atoms with Crippen LogP contribution in [0, 0.1) is 0 Å². The maximum absolute atomic E-state index is 12.5. The number of nitrogens with zero attached hydrogens (tertiary/aromatic N) is 5. The number of amides is 2. The number of sulfone groups is 1. The predicted octanol–water partition coefficient (Wildman–Crippen LogP) is 2.35. The summed E-state index contributed by atoms with van der Waals surface area (Å²) in [6.07, 6.45) is 3.99. The average molecular weight is 558 g/mol. The number of aromatic nitrogens is 5. The average Bonchev–Trinajstić information content (AvgIpc) is 3.52. The fraction of sp³-hybridized carbons (Fsp3) is 0.261. The van der Waals surface area contributed by atoms with Crippen molar-refractivity contribution in [2.24, 2.45) is 0 Å². The molecule has 37 heavy (non-hydrogen) atoms. The first-order valence-corrected chi connectivity index (χ1v) is 14.7. The van der Waals surface area contributed by atoms with Crippen molar-refractivity contribution in [2.75, 3.05) is 22.1 Å². The van der Waals surface area contributed by atoms with Gasteiger partial charge in [-0.3, -0.25) is 14.6 Å². The van der Waals surface area contributed by atoms with Crippen molar-refractivity contribution in [1.82, 2.24) is 25.4 Å². The SMILES string of the molecule is O=C(Cc1ccccc1)Nc1nnc(CCS(=O)(=O)CCc2nnc(NC(=O)Cc3cccnc3)s2)s1. The number of benzene rings is 1. The Kier molecular flexibility index (Phi) is 8.98. The van der Waals surface area contributed by atoms with E-state index in [4.69, 9.17) is 0 Å². The van der Waals surface area contributed by atoms with Crippen molar-refractivity contribution >= 4 is 54.6 Å². The van der Waals surface area contributed by atoms with E-state index in [1.807, 2.05) is 30.3 Å². The van der Waals surface area contributed by atoms with Gasteiger partial charge in [0.25, 0.3) is 0 Å². The highest BCUT2D eigenvalue weighted by molar-refractivity contribution is 7.91. The van der Waals surface area contributed by atoms with Crippen LogP contribution in [0.3, 0.4) is 0 Å². The van der Waals surface area contributed by atoms with Gasteiger partial charge in [0.05, 0.1) is 24.3 Å². The van der Waals surface area contributed by atoms with Crippen LogP contribution >= 0.6 is 22.7 Å². The molecular weight excluding hydrogens is 534 g/mol. The van der Waals surface area contributed by atoms with Crippen molar-refractivity contribution < 1.29 is 18.0 Å². The van der Waals surface area contributed by atoms with Crippen LogP contribution in [0.1, 0.15) is 21.1 Å². The third-order valence-electron chi connectivity index (χ3n) is 4.98. The Bertz CT molecular complexity index is 1340. The Labute approximate surface area is 221 Å². The lowest BCUT2D eigenvalue weighted by atomic mass is 10.1. The molecule has 0 saturated heterocycles. The predicted molar refractivity (Wildman–Crippen MR) is 141 cm³/mol. The summed E-state index contributed by atoms with van der Waals surface area (Å²) < 4.78 is 25.0. The molecule has 4 aromatic rings. The third kappa shape index (κ3) is 8.77. The number of pyridine rings is 1. The van der Waals surface area contributed by atoms with E-state index < -0.39 is 9.84 Å². The zero-order valence-electron chi connectivity index (χ0n) is 19.5. The molecule has 192 valence electrons.